The van der Waals surface area contributed by atoms with Crippen molar-refractivity contribution in [1.29, 1.82) is 0 Å². The quantitative estimate of drug-likeness (QED) is 0.648. The van der Waals surface area contributed by atoms with E-state index >= 15 is 0 Å². The largest absolute Gasteiger partial charge is 0.495 e. The third-order valence-electron chi connectivity index (χ3n) is 4.48. The molecule has 3 aromatic rings. The highest BCUT2D eigenvalue weighted by Gasteiger charge is 2.21. The highest BCUT2D eigenvalue weighted by molar-refractivity contribution is 5.97. The summed E-state index contributed by atoms with van der Waals surface area (Å²) in [6.07, 6.45) is 0. The first-order valence-corrected chi connectivity index (χ1v) is 8.85. The lowest BCUT2D eigenvalue weighted by atomic mass is 10.1. The molecule has 0 unspecified atom stereocenters. The van der Waals surface area contributed by atoms with Gasteiger partial charge in [-0.1, -0.05) is 42.5 Å². The summed E-state index contributed by atoms with van der Waals surface area (Å²) in [6.45, 7) is 2.89. The van der Waals surface area contributed by atoms with E-state index in [2.05, 4.69) is 9.88 Å². The molecule has 1 heterocycles. The average Bonchev–Trinajstić information content (AvgIpc) is 3.05. The third kappa shape index (κ3) is 3.88. The summed E-state index contributed by atoms with van der Waals surface area (Å²) in [5.41, 5.74) is 4.35. The van der Waals surface area contributed by atoms with Crippen LogP contribution in [0.1, 0.15) is 16.1 Å². The monoisotopic (exact) mass is 364 g/mol. The van der Waals surface area contributed by atoms with Gasteiger partial charge in [0.05, 0.1) is 30.7 Å². The predicted molar refractivity (Wildman–Crippen MR) is 107 cm³/mol. The zero-order chi connectivity index (χ0) is 19.2. The maximum atomic E-state index is 12.7. The topological polar surface area (TPSA) is 52.5 Å². The van der Waals surface area contributed by atoms with Gasteiger partial charge in [-0.3, -0.25) is 4.79 Å². The van der Waals surface area contributed by atoms with Crippen LogP contribution in [-0.2, 0) is 4.74 Å². The van der Waals surface area contributed by atoms with E-state index in [0.717, 1.165) is 28.4 Å². The van der Waals surface area contributed by atoms with Gasteiger partial charge in [0, 0.05) is 19.3 Å². The molecule has 0 fully saturated rings. The number of nitrogens with zero attached hydrogens (tertiary/aromatic N) is 1. The van der Waals surface area contributed by atoms with Crippen molar-refractivity contribution < 1.29 is 14.3 Å². The Morgan fingerprint density at radius 1 is 1.04 bits per heavy atom. The number of carbonyl (C=O) groups is 1. The highest BCUT2D eigenvalue weighted by atomic mass is 16.5. The molecule has 3 rings (SSSR count). The van der Waals surface area contributed by atoms with E-state index in [1.54, 1.807) is 14.2 Å². The van der Waals surface area contributed by atoms with Crippen LogP contribution in [0.2, 0.25) is 0 Å². The number of hydrogen-bond acceptors (Lipinski definition) is 3. The molecule has 0 aliphatic rings. The van der Waals surface area contributed by atoms with Crippen LogP contribution in [0.25, 0.3) is 16.9 Å². The number of rotatable bonds is 7. The molecular formula is C22H24N2O3. The molecule has 0 saturated carbocycles. The Kier molecular flexibility index (Phi) is 5.94. The Morgan fingerprint density at radius 2 is 1.74 bits per heavy atom. The van der Waals surface area contributed by atoms with E-state index < -0.39 is 0 Å². The molecule has 5 heteroatoms. The first-order valence-electron chi connectivity index (χ1n) is 8.85. The van der Waals surface area contributed by atoms with Crippen LogP contribution < -0.4 is 10.1 Å². The molecule has 2 aromatic carbocycles. The van der Waals surface area contributed by atoms with E-state index in [4.69, 9.17) is 9.47 Å². The second-order valence-corrected chi connectivity index (χ2v) is 6.15. The van der Waals surface area contributed by atoms with Gasteiger partial charge in [-0.25, -0.2) is 0 Å². The molecule has 1 N–H and O–H groups in total. The number of aromatic nitrogens is 1. The summed E-state index contributed by atoms with van der Waals surface area (Å²) in [5.74, 6) is 0.634. The molecule has 0 spiro atoms. The molecule has 140 valence electrons. The maximum absolute atomic E-state index is 12.7. The van der Waals surface area contributed by atoms with Crippen molar-refractivity contribution in [2.75, 3.05) is 27.4 Å². The number of carbonyl (C=O) groups excluding carboxylic acids is 1. The molecule has 27 heavy (non-hydrogen) atoms. The van der Waals surface area contributed by atoms with E-state index in [-0.39, 0.29) is 5.91 Å². The number of amides is 1. The van der Waals surface area contributed by atoms with E-state index in [0.29, 0.717) is 18.7 Å². The van der Waals surface area contributed by atoms with Gasteiger partial charge < -0.3 is 19.4 Å². The Labute approximate surface area is 159 Å². The first-order chi connectivity index (χ1) is 13.2. The summed E-state index contributed by atoms with van der Waals surface area (Å²) in [6, 6.07) is 19.8. The van der Waals surface area contributed by atoms with Crippen LogP contribution in [-0.4, -0.2) is 37.8 Å². The van der Waals surface area contributed by atoms with Gasteiger partial charge in [0.2, 0.25) is 0 Å². The number of para-hydroxylation sites is 2. The summed E-state index contributed by atoms with van der Waals surface area (Å²) >= 11 is 0. The molecular weight excluding hydrogens is 340 g/mol. The van der Waals surface area contributed by atoms with Crippen molar-refractivity contribution in [3.05, 3.63) is 71.9 Å². The molecule has 1 aromatic heterocycles. The minimum Gasteiger partial charge on any atom is -0.495 e. The van der Waals surface area contributed by atoms with E-state index in [9.17, 15) is 4.79 Å². The Morgan fingerprint density at radius 3 is 2.44 bits per heavy atom. The lowest BCUT2D eigenvalue weighted by Gasteiger charge is -2.15. The molecule has 0 saturated heterocycles. The van der Waals surface area contributed by atoms with Crippen molar-refractivity contribution >= 4 is 5.91 Å². The highest BCUT2D eigenvalue weighted by Crippen LogP contribution is 2.33. The van der Waals surface area contributed by atoms with Crippen LogP contribution in [0.5, 0.6) is 5.75 Å². The standard InChI is InChI=1S/C22H24N2O3/c1-16-18(22(25)23-13-14-26-2)15-20(17-9-5-4-6-10-17)24(16)19-11-7-8-12-21(19)27-3/h4-12,15H,13-14H2,1-3H3,(H,23,25). The molecule has 0 radical (unpaired) electrons. The van der Waals surface area contributed by atoms with Crippen molar-refractivity contribution in [2.24, 2.45) is 0 Å². The summed E-state index contributed by atoms with van der Waals surface area (Å²) < 4.78 is 12.6. The van der Waals surface area contributed by atoms with E-state index in [1.807, 2.05) is 67.6 Å². The van der Waals surface area contributed by atoms with Crippen LogP contribution in [0.3, 0.4) is 0 Å². The molecule has 0 aliphatic heterocycles. The zero-order valence-corrected chi connectivity index (χ0v) is 15.9. The van der Waals surface area contributed by atoms with Crippen molar-refractivity contribution in [3.8, 4) is 22.7 Å². The van der Waals surface area contributed by atoms with Gasteiger partial charge in [0.1, 0.15) is 5.75 Å². The maximum Gasteiger partial charge on any atom is 0.253 e. The fourth-order valence-electron chi connectivity index (χ4n) is 3.14. The first kappa shape index (κ1) is 18.7. The fourth-order valence-corrected chi connectivity index (χ4v) is 3.14. The van der Waals surface area contributed by atoms with Crippen LogP contribution >= 0.6 is 0 Å². The molecule has 0 atom stereocenters. The van der Waals surface area contributed by atoms with Gasteiger partial charge >= 0.3 is 0 Å². The Hall–Kier alpha value is -3.05. The lowest BCUT2D eigenvalue weighted by Crippen LogP contribution is -2.27. The fraction of sp³-hybridized carbons (Fsp3) is 0.227. The summed E-state index contributed by atoms with van der Waals surface area (Å²) in [5, 5.41) is 2.90. The van der Waals surface area contributed by atoms with Crippen LogP contribution in [0.15, 0.2) is 60.7 Å². The van der Waals surface area contributed by atoms with Crippen LogP contribution in [0.4, 0.5) is 0 Å². The van der Waals surface area contributed by atoms with Gasteiger partial charge in [0.15, 0.2) is 0 Å². The normalized spacial score (nSPS) is 10.6. The number of methoxy groups -OCH3 is 2. The van der Waals surface area contributed by atoms with Crippen molar-refractivity contribution in [2.45, 2.75) is 6.92 Å². The van der Waals surface area contributed by atoms with Crippen molar-refractivity contribution in [1.82, 2.24) is 9.88 Å². The second-order valence-electron chi connectivity index (χ2n) is 6.15. The van der Waals surface area contributed by atoms with Gasteiger partial charge in [-0.15, -0.1) is 0 Å². The molecule has 0 bridgehead atoms. The number of benzene rings is 2. The summed E-state index contributed by atoms with van der Waals surface area (Å²) in [4.78, 5) is 12.7. The second kappa shape index (κ2) is 8.56. The Balaban J connectivity index is 2.14. The summed E-state index contributed by atoms with van der Waals surface area (Å²) in [7, 11) is 3.27. The van der Waals surface area contributed by atoms with Gasteiger partial charge in [0.25, 0.3) is 5.91 Å². The van der Waals surface area contributed by atoms with Gasteiger partial charge in [-0.2, -0.15) is 0 Å². The zero-order valence-electron chi connectivity index (χ0n) is 15.9. The average molecular weight is 364 g/mol. The Bertz CT molecular complexity index is 917. The molecule has 1 amide bonds. The minimum absolute atomic E-state index is 0.115. The number of hydrogen-bond donors (Lipinski definition) is 1. The van der Waals surface area contributed by atoms with Crippen molar-refractivity contribution in [3.63, 3.8) is 0 Å². The number of ether oxygens (including phenoxy) is 2. The third-order valence-corrected chi connectivity index (χ3v) is 4.48. The molecule has 0 aliphatic carbocycles. The van der Waals surface area contributed by atoms with E-state index in [1.165, 1.54) is 0 Å². The SMILES string of the molecule is COCCNC(=O)c1cc(-c2ccccc2)n(-c2ccccc2OC)c1C. The lowest BCUT2D eigenvalue weighted by molar-refractivity contribution is 0.0936. The van der Waals surface area contributed by atoms with Crippen LogP contribution in [0, 0.1) is 6.92 Å². The van der Waals surface area contributed by atoms with Gasteiger partial charge in [-0.05, 0) is 30.7 Å². The number of nitrogens with one attached hydrogen (secondary N) is 1. The minimum atomic E-state index is -0.115. The predicted octanol–water partition coefficient (Wildman–Crippen LogP) is 3.84. The molecule has 5 nitrogen and oxygen atoms in total. The smallest absolute Gasteiger partial charge is 0.253 e.